The Morgan fingerprint density at radius 3 is 2.17 bits per heavy atom. The van der Waals surface area contributed by atoms with E-state index in [1.807, 2.05) is 12.1 Å². The maximum atomic E-state index is 12.0. The fourth-order valence-corrected chi connectivity index (χ4v) is 3.88. The summed E-state index contributed by atoms with van der Waals surface area (Å²) in [7, 11) is 0. The average Bonchev–Trinajstić information content (AvgIpc) is 2.79. The topological polar surface area (TPSA) is 147 Å². The lowest BCUT2D eigenvalue weighted by Gasteiger charge is -2.42. The highest BCUT2D eigenvalue weighted by Gasteiger charge is 2.51. The van der Waals surface area contributed by atoms with Crippen LogP contribution in [0.25, 0.3) is 10.8 Å². The number of rotatable bonds is 7. The van der Waals surface area contributed by atoms with Crippen LogP contribution in [0.4, 0.5) is 0 Å². The molecule has 0 unspecified atom stereocenters. The zero-order valence-electron chi connectivity index (χ0n) is 20.2. The van der Waals surface area contributed by atoms with Crippen LogP contribution in [0.1, 0.15) is 33.3 Å². The van der Waals surface area contributed by atoms with Crippen LogP contribution in [0, 0.1) is 0 Å². The smallest absolute Gasteiger partial charge is 0.305 e. The fourth-order valence-electron chi connectivity index (χ4n) is 3.88. The molecule has 0 bridgehead atoms. The quantitative estimate of drug-likeness (QED) is 0.340. The van der Waals surface area contributed by atoms with E-state index in [0.717, 1.165) is 26.2 Å². The fraction of sp³-hybridized carbons (Fsp3) is 0.400. The molecule has 0 aromatic heterocycles. The number of aromatic hydroxyl groups is 1. The lowest BCUT2D eigenvalue weighted by molar-refractivity contribution is -0.266. The number of aliphatic imine (C=N–C) groups is 1. The molecule has 3 rings (SSSR count). The van der Waals surface area contributed by atoms with Crippen LogP contribution < -0.4 is 0 Å². The normalized spacial score (nSPS) is 23.7. The number of carbonyl (C=O) groups is 4. The Bertz CT molecular complexity index is 1180. The molecule has 192 valence electrons. The minimum absolute atomic E-state index is 0.0634. The van der Waals surface area contributed by atoms with Crippen molar-refractivity contribution in [3.8, 4) is 5.75 Å². The molecule has 0 aliphatic carbocycles. The van der Waals surface area contributed by atoms with Crippen molar-refractivity contribution in [2.75, 3.05) is 6.61 Å². The Labute approximate surface area is 206 Å². The molecule has 1 fully saturated rings. The van der Waals surface area contributed by atoms with Gasteiger partial charge in [-0.05, 0) is 16.8 Å². The van der Waals surface area contributed by atoms with Gasteiger partial charge in [-0.2, -0.15) is 0 Å². The molecule has 11 heteroatoms. The third kappa shape index (κ3) is 6.57. The summed E-state index contributed by atoms with van der Waals surface area (Å²) in [5, 5.41) is 12.0. The first-order chi connectivity index (χ1) is 17.1. The zero-order chi connectivity index (χ0) is 26.4. The van der Waals surface area contributed by atoms with Gasteiger partial charge in [0.05, 0.1) is 0 Å². The van der Waals surface area contributed by atoms with Crippen LogP contribution in [-0.4, -0.2) is 72.4 Å². The van der Waals surface area contributed by atoms with Gasteiger partial charge in [0.1, 0.15) is 18.5 Å². The number of esters is 4. The minimum Gasteiger partial charge on any atom is -0.507 e. The lowest BCUT2D eigenvalue weighted by atomic mass is 9.96. The minimum atomic E-state index is -1.40. The van der Waals surface area contributed by atoms with Crippen molar-refractivity contribution in [2.24, 2.45) is 4.99 Å². The van der Waals surface area contributed by atoms with Gasteiger partial charge in [-0.15, -0.1) is 0 Å². The largest absolute Gasteiger partial charge is 0.507 e. The Hall–Kier alpha value is -3.99. The molecule has 1 N–H and O–H groups in total. The standard InChI is InChI=1S/C25H27NO10/c1-13(27)32-12-21-23(33-14(2)28)24(34-15(3)29)22(25(36-21)35-16(4)30)26-11-19-18-8-6-5-7-17(18)9-10-20(19)31/h5-11,21-25,31H,12H2,1-4H3/t21-,22-,23-,24-,25-/m1/s1. The van der Waals surface area contributed by atoms with Gasteiger partial charge in [0.25, 0.3) is 0 Å². The molecule has 0 radical (unpaired) electrons. The van der Waals surface area contributed by atoms with Gasteiger partial charge in [0.15, 0.2) is 18.2 Å². The van der Waals surface area contributed by atoms with Crippen molar-refractivity contribution in [3.05, 3.63) is 42.0 Å². The van der Waals surface area contributed by atoms with Gasteiger partial charge in [0.2, 0.25) is 6.29 Å². The van der Waals surface area contributed by atoms with Crippen molar-refractivity contribution in [3.63, 3.8) is 0 Å². The number of ether oxygens (including phenoxy) is 5. The van der Waals surface area contributed by atoms with Gasteiger partial charge < -0.3 is 28.8 Å². The molecule has 11 nitrogen and oxygen atoms in total. The molecule has 2 aromatic carbocycles. The summed E-state index contributed by atoms with van der Waals surface area (Å²) in [5.41, 5.74) is 0.363. The molecule has 5 atom stereocenters. The highest BCUT2D eigenvalue weighted by Crippen LogP contribution is 2.31. The van der Waals surface area contributed by atoms with Crippen LogP contribution in [0.15, 0.2) is 41.4 Å². The van der Waals surface area contributed by atoms with E-state index in [9.17, 15) is 24.3 Å². The van der Waals surface area contributed by atoms with Crippen molar-refractivity contribution in [1.82, 2.24) is 0 Å². The Morgan fingerprint density at radius 2 is 1.53 bits per heavy atom. The molecule has 1 aliphatic heterocycles. The summed E-state index contributed by atoms with van der Waals surface area (Å²) in [5.74, 6) is -2.84. The lowest BCUT2D eigenvalue weighted by Crippen LogP contribution is -2.61. The molecule has 1 heterocycles. The molecule has 1 saturated heterocycles. The molecular weight excluding hydrogens is 474 g/mol. The summed E-state index contributed by atoms with van der Waals surface area (Å²) < 4.78 is 27.0. The van der Waals surface area contributed by atoms with E-state index in [1.54, 1.807) is 18.2 Å². The molecule has 0 saturated carbocycles. The van der Waals surface area contributed by atoms with Crippen LogP contribution in [0.3, 0.4) is 0 Å². The number of nitrogens with zero attached hydrogens (tertiary/aromatic N) is 1. The summed E-state index contributed by atoms with van der Waals surface area (Å²) >= 11 is 0. The highest BCUT2D eigenvalue weighted by atomic mass is 16.7. The Morgan fingerprint density at radius 1 is 0.889 bits per heavy atom. The van der Waals surface area contributed by atoms with E-state index >= 15 is 0 Å². The maximum absolute atomic E-state index is 12.0. The number of benzene rings is 2. The van der Waals surface area contributed by atoms with Crippen LogP contribution in [0.2, 0.25) is 0 Å². The number of phenolic OH excluding ortho intramolecular Hbond substituents is 1. The summed E-state index contributed by atoms with van der Waals surface area (Å²) in [6, 6.07) is 9.33. The second-order valence-electron chi connectivity index (χ2n) is 8.09. The Balaban J connectivity index is 2.08. The summed E-state index contributed by atoms with van der Waals surface area (Å²) in [6.45, 7) is 4.27. The predicted octanol–water partition coefficient (Wildman–Crippen LogP) is 2.05. The van der Waals surface area contributed by atoms with E-state index in [-0.39, 0.29) is 12.4 Å². The molecule has 0 amide bonds. The number of hydrogen-bond donors (Lipinski definition) is 1. The van der Waals surface area contributed by atoms with Gasteiger partial charge in [0, 0.05) is 39.5 Å². The number of phenols is 1. The second-order valence-corrected chi connectivity index (χ2v) is 8.09. The summed E-state index contributed by atoms with van der Waals surface area (Å²) in [6.07, 6.45) is -3.72. The average molecular weight is 501 g/mol. The van der Waals surface area contributed by atoms with Crippen LogP contribution in [-0.2, 0) is 42.9 Å². The first kappa shape index (κ1) is 26.6. The van der Waals surface area contributed by atoms with E-state index in [0.29, 0.717) is 10.9 Å². The van der Waals surface area contributed by atoms with Gasteiger partial charge in [-0.1, -0.05) is 30.3 Å². The maximum Gasteiger partial charge on any atom is 0.305 e. The summed E-state index contributed by atoms with van der Waals surface area (Å²) in [4.78, 5) is 51.6. The Kier molecular flexibility index (Phi) is 8.59. The molecule has 2 aromatic rings. The van der Waals surface area contributed by atoms with Crippen LogP contribution in [0.5, 0.6) is 5.75 Å². The van der Waals surface area contributed by atoms with E-state index in [1.165, 1.54) is 19.2 Å². The first-order valence-electron chi connectivity index (χ1n) is 11.1. The van der Waals surface area contributed by atoms with Crippen molar-refractivity contribution < 1.29 is 48.0 Å². The molecule has 0 spiro atoms. The molecular formula is C25H27NO10. The van der Waals surface area contributed by atoms with Crippen molar-refractivity contribution in [1.29, 1.82) is 0 Å². The number of hydrogen-bond acceptors (Lipinski definition) is 11. The van der Waals surface area contributed by atoms with Crippen molar-refractivity contribution >= 4 is 40.9 Å². The third-order valence-corrected chi connectivity index (χ3v) is 5.28. The third-order valence-electron chi connectivity index (χ3n) is 5.28. The SMILES string of the molecule is CC(=O)OC[C@H]1O[C@@H](OC(C)=O)[C@H](N=Cc2c(O)ccc3ccccc23)[C@@H](OC(C)=O)[C@@H]1OC(C)=O. The van der Waals surface area contributed by atoms with E-state index in [2.05, 4.69) is 4.99 Å². The van der Waals surface area contributed by atoms with Gasteiger partial charge >= 0.3 is 23.9 Å². The number of fused-ring (bicyclic) bond motifs is 1. The second kappa shape index (κ2) is 11.6. The molecule has 1 aliphatic rings. The first-order valence-corrected chi connectivity index (χ1v) is 11.1. The number of carbonyl (C=O) groups excluding carboxylic acids is 4. The van der Waals surface area contributed by atoms with Crippen molar-refractivity contribution in [2.45, 2.75) is 58.3 Å². The van der Waals surface area contributed by atoms with Gasteiger partial charge in [-0.25, -0.2) is 0 Å². The van der Waals surface area contributed by atoms with Crippen LogP contribution >= 0.6 is 0 Å². The van der Waals surface area contributed by atoms with E-state index < -0.39 is 54.5 Å². The van der Waals surface area contributed by atoms with Gasteiger partial charge in [-0.3, -0.25) is 24.2 Å². The molecule has 36 heavy (non-hydrogen) atoms. The van der Waals surface area contributed by atoms with E-state index in [4.69, 9.17) is 23.7 Å². The predicted molar refractivity (Wildman–Crippen MR) is 125 cm³/mol. The monoisotopic (exact) mass is 501 g/mol. The zero-order valence-corrected chi connectivity index (χ0v) is 20.2. The highest BCUT2D eigenvalue weighted by molar-refractivity contribution is 6.02.